The van der Waals surface area contributed by atoms with Crippen LogP contribution in [0.3, 0.4) is 0 Å². The summed E-state index contributed by atoms with van der Waals surface area (Å²) >= 11 is 5.87. The number of rotatable bonds is 5. The number of likely N-dealkylation sites (tertiary alicyclic amines) is 1. The Hall–Kier alpha value is -2.84. The van der Waals surface area contributed by atoms with Crippen LogP contribution in [0.4, 0.5) is 17.6 Å². The lowest BCUT2D eigenvalue weighted by Gasteiger charge is -2.21. The highest BCUT2D eigenvalue weighted by Crippen LogP contribution is 2.43. The maximum atomic E-state index is 15.0. The Morgan fingerprint density at radius 3 is 2.47 bits per heavy atom. The SMILES string of the molecule is Cc1c(-c2ccc(Cl)cc2F)c(C(=O)N2CCC(CO)C2)n(Cc2ccccc2)c1C(F)(F)F. The minimum atomic E-state index is -4.78. The average Bonchev–Trinajstić information content (AvgIpc) is 3.37. The Morgan fingerprint density at radius 2 is 1.88 bits per heavy atom. The first-order valence-electron chi connectivity index (χ1n) is 10.8. The van der Waals surface area contributed by atoms with Gasteiger partial charge in [0.25, 0.3) is 5.91 Å². The quantitative estimate of drug-likeness (QED) is 0.457. The highest BCUT2D eigenvalue weighted by atomic mass is 35.5. The summed E-state index contributed by atoms with van der Waals surface area (Å²) in [7, 11) is 0. The third kappa shape index (κ3) is 4.57. The number of alkyl halides is 3. The Kier molecular flexibility index (Phi) is 6.73. The van der Waals surface area contributed by atoms with Crippen molar-refractivity contribution in [1.82, 2.24) is 9.47 Å². The van der Waals surface area contributed by atoms with Gasteiger partial charge in [0.1, 0.15) is 17.2 Å². The van der Waals surface area contributed by atoms with E-state index in [9.17, 15) is 27.5 Å². The largest absolute Gasteiger partial charge is 0.431 e. The molecule has 1 aliphatic rings. The van der Waals surface area contributed by atoms with Crippen molar-refractivity contribution in [2.45, 2.75) is 26.1 Å². The molecule has 180 valence electrons. The number of aromatic nitrogens is 1. The first-order chi connectivity index (χ1) is 16.1. The van der Waals surface area contributed by atoms with Crippen LogP contribution in [0.5, 0.6) is 0 Å². The van der Waals surface area contributed by atoms with Gasteiger partial charge in [-0.15, -0.1) is 0 Å². The van der Waals surface area contributed by atoms with Crippen LogP contribution in [0.15, 0.2) is 48.5 Å². The zero-order valence-corrected chi connectivity index (χ0v) is 19.1. The van der Waals surface area contributed by atoms with E-state index in [-0.39, 0.29) is 53.0 Å². The lowest BCUT2D eigenvalue weighted by molar-refractivity contribution is -0.143. The molecule has 4 rings (SSSR count). The van der Waals surface area contributed by atoms with Crippen LogP contribution in [-0.2, 0) is 12.7 Å². The standard InChI is InChI=1S/C25H23ClF4N2O2/c1-15-21(19-8-7-18(26)11-20(19)27)22(24(34)31-10-9-17(12-31)14-33)32(23(15)25(28,29)30)13-16-5-3-2-4-6-16/h2-8,11,17,33H,9-10,12-14H2,1H3. The zero-order chi connectivity index (χ0) is 24.6. The van der Waals surface area contributed by atoms with Crippen LogP contribution in [0.2, 0.25) is 5.02 Å². The third-order valence-electron chi connectivity index (χ3n) is 6.19. The molecule has 2 heterocycles. The summed E-state index contributed by atoms with van der Waals surface area (Å²) in [5, 5.41) is 9.58. The number of aliphatic hydroxyl groups is 1. The lowest BCUT2D eigenvalue weighted by atomic mass is 9.99. The highest BCUT2D eigenvalue weighted by Gasteiger charge is 2.42. The van der Waals surface area contributed by atoms with Gasteiger partial charge >= 0.3 is 6.18 Å². The van der Waals surface area contributed by atoms with Gasteiger partial charge < -0.3 is 14.6 Å². The molecule has 0 spiro atoms. The smallest absolute Gasteiger partial charge is 0.396 e. The maximum Gasteiger partial charge on any atom is 0.431 e. The molecule has 1 atom stereocenters. The van der Waals surface area contributed by atoms with Crippen LogP contribution in [0.25, 0.3) is 11.1 Å². The van der Waals surface area contributed by atoms with Crippen LogP contribution in [0, 0.1) is 18.7 Å². The first kappa shape index (κ1) is 24.3. The molecule has 1 aromatic heterocycles. The number of aliphatic hydroxyl groups excluding tert-OH is 1. The first-order valence-corrected chi connectivity index (χ1v) is 11.2. The van der Waals surface area contributed by atoms with Crippen molar-refractivity contribution in [2.24, 2.45) is 5.92 Å². The van der Waals surface area contributed by atoms with Crippen molar-refractivity contribution in [3.63, 3.8) is 0 Å². The summed E-state index contributed by atoms with van der Waals surface area (Å²) in [5.41, 5.74) is -1.12. The summed E-state index contributed by atoms with van der Waals surface area (Å²) in [6.45, 7) is 1.42. The molecule has 1 amide bonds. The van der Waals surface area contributed by atoms with Crippen molar-refractivity contribution in [3.8, 4) is 11.1 Å². The summed E-state index contributed by atoms with van der Waals surface area (Å²) in [6.07, 6.45) is -4.24. The molecular formula is C25H23ClF4N2O2. The molecule has 9 heteroatoms. The Balaban J connectivity index is 1.99. The molecule has 1 fully saturated rings. The van der Waals surface area contributed by atoms with Crippen molar-refractivity contribution >= 4 is 17.5 Å². The number of hydrogen-bond donors (Lipinski definition) is 1. The number of benzene rings is 2. The molecule has 0 bridgehead atoms. The van der Waals surface area contributed by atoms with E-state index in [4.69, 9.17) is 11.6 Å². The molecule has 1 saturated heterocycles. The minimum absolute atomic E-state index is 0.0943. The van der Waals surface area contributed by atoms with Gasteiger partial charge in [-0.1, -0.05) is 41.9 Å². The molecule has 0 radical (unpaired) electrons. The fourth-order valence-corrected chi connectivity index (χ4v) is 4.75. The fraction of sp³-hybridized carbons (Fsp3) is 0.320. The van der Waals surface area contributed by atoms with Crippen molar-refractivity contribution in [1.29, 1.82) is 0 Å². The topological polar surface area (TPSA) is 45.5 Å². The summed E-state index contributed by atoms with van der Waals surface area (Å²) in [5.74, 6) is -1.60. The van der Waals surface area contributed by atoms with E-state index >= 15 is 0 Å². The van der Waals surface area contributed by atoms with Gasteiger partial charge in [-0.2, -0.15) is 13.2 Å². The molecule has 0 saturated carbocycles. The molecule has 3 aromatic rings. The summed E-state index contributed by atoms with van der Waals surface area (Å²) in [6, 6.07) is 12.2. The number of nitrogens with zero attached hydrogens (tertiary/aromatic N) is 2. The van der Waals surface area contributed by atoms with Crippen LogP contribution >= 0.6 is 11.6 Å². The van der Waals surface area contributed by atoms with Gasteiger partial charge in [0, 0.05) is 48.3 Å². The Morgan fingerprint density at radius 1 is 1.18 bits per heavy atom. The number of amides is 1. The lowest BCUT2D eigenvalue weighted by Crippen LogP contribution is -2.32. The van der Waals surface area contributed by atoms with E-state index in [1.54, 1.807) is 30.3 Å². The highest BCUT2D eigenvalue weighted by molar-refractivity contribution is 6.30. The average molecular weight is 495 g/mol. The van der Waals surface area contributed by atoms with Crippen molar-refractivity contribution in [2.75, 3.05) is 19.7 Å². The molecule has 0 aliphatic carbocycles. The molecule has 1 N–H and O–H groups in total. The minimum Gasteiger partial charge on any atom is -0.396 e. The molecule has 4 nitrogen and oxygen atoms in total. The van der Waals surface area contributed by atoms with Gasteiger partial charge in [0.15, 0.2) is 0 Å². The van der Waals surface area contributed by atoms with E-state index in [0.29, 0.717) is 18.5 Å². The number of carbonyl (C=O) groups excluding carboxylic acids is 1. The predicted molar refractivity (Wildman–Crippen MR) is 121 cm³/mol. The van der Waals surface area contributed by atoms with E-state index in [1.807, 2.05) is 0 Å². The van der Waals surface area contributed by atoms with E-state index in [0.717, 1.165) is 10.6 Å². The molecular weight excluding hydrogens is 472 g/mol. The van der Waals surface area contributed by atoms with E-state index in [2.05, 4.69) is 0 Å². The predicted octanol–water partition coefficient (Wildman–Crippen LogP) is 5.78. The maximum absolute atomic E-state index is 15.0. The zero-order valence-electron chi connectivity index (χ0n) is 18.4. The molecule has 2 aromatic carbocycles. The van der Waals surface area contributed by atoms with Gasteiger partial charge in [0.2, 0.25) is 0 Å². The van der Waals surface area contributed by atoms with Gasteiger partial charge in [0.05, 0.1) is 0 Å². The summed E-state index contributed by atoms with van der Waals surface area (Å²) < 4.78 is 59.0. The van der Waals surface area contributed by atoms with Gasteiger partial charge in [-0.05, 0) is 42.7 Å². The van der Waals surface area contributed by atoms with E-state index < -0.39 is 23.6 Å². The third-order valence-corrected chi connectivity index (χ3v) is 6.43. The normalized spacial score (nSPS) is 16.3. The van der Waals surface area contributed by atoms with Crippen LogP contribution in [0.1, 0.15) is 33.7 Å². The Bertz CT molecular complexity index is 1210. The second kappa shape index (κ2) is 9.43. The Labute approximate surface area is 199 Å². The monoisotopic (exact) mass is 494 g/mol. The van der Waals surface area contributed by atoms with Crippen molar-refractivity contribution < 1.29 is 27.5 Å². The van der Waals surface area contributed by atoms with Crippen molar-refractivity contribution in [3.05, 3.63) is 81.9 Å². The second-order valence-corrected chi connectivity index (χ2v) is 8.92. The second-order valence-electron chi connectivity index (χ2n) is 8.48. The fourth-order valence-electron chi connectivity index (χ4n) is 4.60. The summed E-state index contributed by atoms with van der Waals surface area (Å²) in [4.78, 5) is 15.1. The number of hydrogen-bond acceptors (Lipinski definition) is 2. The van der Waals surface area contributed by atoms with Crippen LogP contribution < -0.4 is 0 Å². The molecule has 1 aliphatic heterocycles. The number of carbonyl (C=O) groups is 1. The van der Waals surface area contributed by atoms with Gasteiger partial charge in [-0.3, -0.25) is 4.79 Å². The van der Waals surface area contributed by atoms with Crippen LogP contribution in [-0.4, -0.2) is 40.2 Å². The molecule has 34 heavy (non-hydrogen) atoms. The van der Waals surface area contributed by atoms with E-state index in [1.165, 1.54) is 24.0 Å². The van der Waals surface area contributed by atoms with Gasteiger partial charge in [-0.25, -0.2) is 4.39 Å². The molecule has 1 unspecified atom stereocenters. The number of halogens is 5.